The number of nitrogens with zero attached hydrogens (tertiary/aromatic N) is 1. The Hall–Kier alpha value is -2.67. The van der Waals surface area contributed by atoms with Gasteiger partial charge in [-0.05, 0) is 66.8 Å². The standard InChI is InChI=1S/C24H20Cl2N2O3S/c25-19-8-5-17(14-20(19)26)22(29)15-9-11-28(12-10-15)24(31)16-3-6-18(7-4-16)27-23(30)21-2-1-13-32-21/h1-8,13-15H,9-12H2,(H,27,30). The molecule has 1 fully saturated rings. The Morgan fingerprint density at radius 1 is 0.906 bits per heavy atom. The molecule has 3 aromatic rings. The minimum Gasteiger partial charge on any atom is -0.339 e. The van der Waals surface area contributed by atoms with Gasteiger partial charge in [0, 0.05) is 35.8 Å². The molecule has 2 aromatic carbocycles. The minimum absolute atomic E-state index is 0.0292. The van der Waals surface area contributed by atoms with Crippen molar-refractivity contribution in [3.05, 3.63) is 86.0 Å². The summed E-state index contributed by atoms with van der Waals surface area (Å²) in [6.07, 6.45) is 1.19. The zero-order valence-electron chi connectivity index (χ0n) is 17.0. The summed E-state index contributed by atoms with van der Waals surface area (Å²) in [4.78, 5) is 40.2. The van der Waals surface area contributed by atoms with Gasteiger partial charge in [-0.1, -0.05) is 29.3 Å². The molecule has 32 heavy (non-hydrogen) atoms. The van der Waals surface area contributed by atoms with E-state index in [4.69, 9.17) is 23.2 Å². The average Bonchev–Trinajstić information content (AvgIpc) is 3.36. The lowest BCUT2D eigenvalue weighted by molar-refractivity contribution is 0.0650. The lowest BCUT2D eigenvalue weighted by Gasteiger charge is -2.31. The van der Waals surface area contributed by atoms with Crippen molar-refractivity contribution in [2.24, 2.45) is 5.92 Å². The first-order chi connectivity index (χ1) is 15.4. The number of nitrogens with one attached hydrogen (secondary N) is 1. The molecule has 1 N–H and O–H groups in total. The van der Waals surface area contributed by atoms with Gasteiger partial charge in [0.25, 0.3) is 11.8 Å². The van der Waals surface area contributed by atoms with Crippen molar-refractivity contribution >= 4 is 57.8 Å². The van der Waals surface area contributed by atoms with Gasteiger partial charge < -0.3 is 10.2 Å². The number of ketones is 1. The smallest absolute Gasteiger partial charge is 0.265 e. The fraction of sp³-hybridized carbons (Fsp3) is 0.208. The van der Waals surface area contributed by atoms with Crippen LogP contribution in [0.4, 0.5) is 5.69 Å². The van der Waals surface area contributed by atoms with E-state index in [2.05, 4.69) is 5.32 Å². The molecule has 8 heteroatoms. The van der Waals surface area contributed by atoms with Crippen LogP contribution in [0.3, 0.4) is 0 Å². The number of hydrogen-bond donors (Lipinski definition) is 1. The van der Waals surface area contributed by atoms with Gasteiger partial charge in [-0.15, -0.1) is 11.3 Å². The lowest BCUT2D eigenvalue weighted by Crippen LogP contribution is -2.40. The first kappa shape index (κ1) is 22.5. The molecule has 4 rings (SSSR count). The maximum atomic E-state index is 12.9. The first-order valence-electron chi connectivity index (χ1n) is 10.2. The quantitative estimate of drug-likeness (QED) is 0.446. The number of likely N-dealkylation sites (tertiary alicyclic amines) is 1. The van der Waals surface area contributed by atoms with Crippen LogP contribution in [0.25, 0.3) is 0 Å². The third kappa shape index (κ3) is 5.04. The monoisotopic (exact) mass is 486 g/mol. The molecule has 5 nitrogen and oxygen atoms in total. The van der Waals surface area contributed by atoms with Gasteiger partial charge in [-0.25, -0.2) is 0 Å². The highest BCUT2D eigenvalue weighted by atomic mass is 35.5. The fourth-order valence-corrected chi connectivity index (χ4v) is 4.63. The van der Waals surface area contributed by atoms with Crippen molar-refractivity contribution in [1.82, 2.24) is 4.90 Å². The van der Waals surface area contributed by atoms with Gasteiger partial charge in [0.05, 0.1) is 14.9 Å². The normalized spacial score (nSPS) is 14.2. The summed E-state index contributed by atoms with van der Waals surface area (Å²) in [5.74, 6) is -0.373. The van der Waals surface area contributed by atoms with Crippen LogP contribution >= 0.6 is 34.5 Å². The predicted octanol–water partition coefficient (Wildman–Crippen LogP) is 6.04. The SMILES string of the molecule is O=C(Nc1ccc(C(=O)N2CCC(C(=O)c3ccc(Cl)c(Cl)c3)CC2)cc1)c1cccs1. The number of anilines is 1. The highest BCUT2D eigenvalue weighted by Gasteiger charge is 2.28. The van der Waals surface area contributed by atoms with Crippen LogP contribution in [-0.4, -0.2) is 35.6 Å². The van der Waals surface area contributed by atoms with Crippen LogP contribution in [0.15, 0.2) is 60.0 Å². The number of thiophene rings is 1. The van der Waals surface area contributed by atoms with E-state index in [0.717, 1.165) is 0 Å². The number of halogens is 2. The summed E-state index contributed by atoms with van der Waals surface area (Å²) in [6.45, 7) is 1.01. The molecule has 0 radical (unpaired) electrons. The molecule has 0 aliphatic carbocycles. The van der Waals surface area contributed by atoms with Crippen LogP contribution in [0, 0.1) is 5.92 Å². The van der Waals surface area contributed by atoms with E-state index in [1.165, 1.54) is 11.3 Å². The van der Waals surface area contributed by atoms with E-state index in [1.54, 1.807) is 53.4 Å². The van der Waals surface area contributed by atoms with E-state index in [0.29, 0.717) is 57.7 Å². The van der Waals surface area contributed by atoms with Gasteiger partial charge >= 0.3 is 0 Å². The summed E-state index contributed by atoms with van der Waals surface area (Å²) < 4.78 is 0. The van der Waals surface area contributed by atoms with E-state index in [1.807, 2.05) is 11.4 Å². The van der Waals surface area contributed by atoms with E-state index in [-0.39, 0.29) is 23.5 Å². The van der Waals surface area contributed by atoms with Crippen molar-refractivity contribution in [2.75, 3.05) is 18.4 Å². The van der Waals surface area contributed by atoms with Crippen LogP contribution in [0.5, 0.6) is 0 Å². The number of benzene rings is 2. The molecular formula is C24H20Cl2N2O3S. The third-order valence-electron chi connectivity index (χ3n) is 5.49. The summed E-state index contributed by atoms with van der Waals surface area (Å²) in [7, 11) is 0. The summed E-state index contributed by atoms with van der Waals surface area (Å²) in [5.41, 5.74) is 1.73. The van der Waals surface area contributed by atoms with Gasteiger partial charge in [0.15, 0.2) is 5.78 Å². The largest absolute Gasteiger partial charge is 0.339 e. The van der Waals surface area contributed by atoms with Gasteiger partial charge in [-0.2, -0.15) is 0 Å². The Bertz CT molecular complexity index is 1140. The molecule has 2 amide bonds. The summed E-state index contributed by atoms with van der Waals surface area (Å²) >= 11 is 13.3. The van der Waals surface area contributed by atoms with Crippen LogP contribution < -0.4 is 5.32 Å². The molecule has 1 saturated heterocycles. The van der Waals surface area contributed by atoms with Crippen LogP contribution in [0.2, 0.25) is 10.0 Å². The molecule has 0 bridgehead atoms. The first-order valence-corrected chi connectivity index (χ1v) is 11.8. The second-order valence-electron chi connectivity index (χ2n) is 7.57. The highest BCUT2D eigenvalue weighted by Crippen LogP contribution is 2.27. The van der Waals surface area contributed by atoms with Gasteiger partial charge in [0.2, 0.25) is 0 Å². The molecule has 0 spiro atoms. The number of piperidine rings is 1. The second kappa shape index (κ2) is 9.86. The summed E-state index contributed by atoms with van der Waals surface area (Å²) in [5, 5.41) is 5.45. The van der Waals surface area contributed by atoms with Gasteiger partial charge in [-0.3, -0.25) is 14.4 Å². The molecule has 0 atom stereocenters. The molecule has 0 saturated carbocycles. The van der Waals surface area contributed by atoms with E-state index in [9.17, 15) is 14.4 Å². The van der Waals surface area contributed by atoms with Crippen molar-refractivity contribution in [1.29, 1.82) is 0 Å². The van der Waals surface area contributed by atoms with Crippen molar-refractivity contribution in [3.8, 4) is 0 Å². The van der Waals surface area contributed by atoms with Crippen molar-refractivity contribution in [3.63, 3.8) is 0 Å². The Labute approximate surface area is 200 Å². The molecule has 2 heterocycles. The van der Waals surface area contributed by atoms with Gasteiger partial charge in [0.1, 0.15) is 0 Å². The number of Topliss-reactive ketones (excluding diaryl/α,β-unsaturated/α-hetero) is 1. The fourth-order valence-electron chi connectivity index (χ4n) is 3.71. The van der Waals surface area contributed by atoms with E-state index < -0.39 is 0 Å². The maximum absolute atomic E-state index is 12.9. The Balaban J connectivity index is 1.33. The number of carbonyl (C=O) groups is 3. The van der Waals surface area contributed by atoms with Crippen LogP contribution in [-0.2, 0) is 0 Å². The van der Waals surface area contributed by atoms with Crippen molar-refractivity contribution < 1.29 is 14.4 Å². The number of rotatable bonds is 5. The number of hydrogen-bond acceptors (Lipinski definition) is 4. The number of carbonyl (C=O) groups excluding carboxylic acids is 3. The highest BCUT2D eigenvalue weighted by molar-refractivity contribution is 7.12. The predicted molar refractivity (Wildman–Crippen MR) is 128 cm³/mol. The molecule has 1 aromatic heterocycles. The molecule has 164 valence electrons. The topological polar surface area (TPSA) is 66.5 Å². The Kier molecular flexibility index (Phi) is 6.94. The van der Waals surface area contributed by atoms with E-state index >= 15 is 0 Å². The zero-order valence-corrected chi connectivity index (χ0v) is 19.3. The zero-order chi connectivity index (χ0) is 22.7. The molecule has 1 aliphatic heterocycles. The lowest BCUT2D eigenvalue weighted by atomic mass is 9.88. The number of amides is 2. The second-order valence-corrected chi connectivity index (χ2v) is 9.33. The van der Waals surface area contributed by atoms with Crippen LogP contribution in [0.1, 0.15) is 43.2 Å². The third-order valence-corrected chi connectivity index (χ3v) is 7.10. The maximum Gasteiger partial charge on any atom is 0.265 e. The Morgan fingerprint density at radius 2 is 1.59 bits per heavy atom. The summed E-state index contributed by atoms with van der Waals surface area (Å²) in [6, 6.07) is 15.4. The average molecular weight is 487 g/mol. The molecule has 1 aliphatic rings. The molecule has 0 unspecified atom stereocenters. The van der Waals surface area contributed by atoms with Crippen molar-refractivity contribution in [2.45, 2.75) is 12.8 Å². The Morgan fingerprint density at radius 3 is 2.22 bits per heavy atom. The molecular weight excluding hydrogens is 467 g/mol. The minimum atomic E-state index is -0.173.